The van der Waals surface area contributed by atoms with Gasteiger partial charge in [-0.25, -0.2) is 0 Å². The number of nitrogens with zero attached hydrogens (tertiary/aromatic N) is 1. The summed E-state index contributed by atoms with van der Waals surface area (Å²) in [5.41, 5.74) is 4.21. The molecule has 0 bridgehead atoms. The van der Waals surface area contributed by atoms with Crippen LogP contribution in [0.15, 0.2) is 54.6 Å². The summed E-state index contributed by atoms with van der Waals surface area (Å²) in [6.07, 6.45) is 0.122. The molecule has 2 heteroatoms. The van der Waals surface area contributed by atoms with E-state index in [0.717, 1.165) is 13.2 Å². The number of fused-ring (bicyclic) bond motifs is 3. The molecular weight excluding hydrogens is 270 g/mol. The van der Waals surface area contributed by atoms with Gasteiger partial charge in [0.1, 0.15) is 6.23 Å². The molecule has 0 amide bonds. The van der Waals surface area contributed by atoms with Crippen LogP contribution < -0.4 is 0 Å². The molecule has 1 fully saturated rings. The van der Waals surface area contributed by atoms with E-state index in [1.54, 1.807) is 0 Å². The minimum absolute atomic E-state index is 0.122. The molecule has 0 N–H and O–H groups in total. The van der Waals surface area contributed by atoms with Crippen molar-refractivity contribution in [1.82, 2.24) is 4.90 Å². The van der Waals surface area contributed by atoms with Crippen molar-refractivity contribution in [3.63, 3.8) is 0 Å². The third-order valence-corrected chi connectivity index (χ3v) is 5.17. The topological polar surface area (TPSA) is 12.5 Å². The lowest BCUT2D eigenvalue weighted by Crippen LogP contribution is -2.37. The SMILES string of the molecule is CC(C)[C@@H]1CN2C(OC[C@H]2c2ccccc2)c2ccccc21. The first-order chi connectivity index (χ1) is 10.8. The largest absolute Gasteiger partial charge is 0.357 e. The van der Waals surface area contributed by atoms with Gasteiger partial charge in [0.25, 0.3) is 0 Å². The van der Waals surface area contributed by atoms with Gasteiger partial charge < -0.3 is 4.74 Å². The standard InChI is InChI=1S/C20H23NO/c1-14(2)18-12-21-19(15-8-4-3-5-9-15)13-22-20(21)17-11-7-6-10-16(17)18/h3-11,14,18-20H,12-13H2,1-2H3/t18-,19-,20?/m0/s1. The Bertz CT molecular complexity index is 652. The van der Waals surface area contributed by atoms with Gasteiger partial charge in [-0.1, -0.05) is 68.4 Å². The highest BCUT2D eigenvalue weighted by atomic mass is 16.5. The molecule has 0 saturated carbocycles. The van der Waals surface area contributed by atoms with E-state index in [0.29, 0.717) is 17.9 Å². The summed E-state index contributed by atoms with van der Waals surface area (Å²) in [6.45, 7) is 6.53. The van der Waals surface area contributed by atoms with E-state index < -0.39 is 0 Å². The van der Waals surface area contributed by atoms with Crippen LogP contribution >= 0.6 is 0 Å². The highest BCUT2D eigenvalue weighted by Gasteiger charge is 2.43. The Morgan fingerprint density at radius 2 is 1.64 bits per heavy atom. The molecule has 2 aliphatic rings. The first kappa shape index (κ1) is 14.0. The van der Waals surface area contributed by atoms with Gasteiger partial charge in [0, 0.05) is 6.54 Å². The molecule has 114 valence electrons. The summed E-state index contributed by atoms with van der Waals surface area (Å²) in [5, 5.41) is 0. The molecule has 2 aromatic rings. The van der Waals surface area contributed by atoms with Gasteiger partial charge in [-0.3, -0.25) is 4.90 Å². The van der Waals surface area contributed by atoms with Crippen molar-refractivity contribution >= 4 is 0 Å². The van der Waals surface area contributed by atoms with Crippen molar-refractivity contribution in [3.8, 4) is 0 Å². The van der Waals surface area contributed by atoms with Gasteiger partial charge >= 0.3 is 0 Å². The first-order valence-electron chi connectivity index (χ1n) is 8.27. The van der Waals surface area contributed by atoms with E-state index in [1.807, 2.05) is 0 Å². The van der Waals surface area contributed by atoms with Crippen molar-refractivity contribution in [1.29, 1.82) is 0 Å². The lowest BCUT2D eigenvalue weighted by Gasteiger charge is -2.40. The predicted octanol–water partition coefficient (Wildman–Crippen LogP) is 4.51. The summed E-state index contributed by atoms with van der Waals surface area (Å²) >= 11 is 0. The predicted molar refractivity (Wildman–Crippen MR) is 88.6 cm³/mol. The average Bonchev–Trinajstić information content (AvgIpc) is 2.99. The zero-order chi connectivity index (χ0) is 15.1. The van der Waals surface area contributed by atoms with Gasteiger partial charge in [-0.15, -0.1) is 0 Å². The number of ether oxygens (including phenoxy) is 1. The number of hydrogen-bond donors (Lipinski definition) is 0. The fraction of sp³-hybridized carbons (Fsp3) is 0.400. The lowest BCUT2D eigenvalue weighted by atomic mass is 9.81. The molecule has 0 aliphatic carbocycles. The van der Waals surface area contributed by atoms with Gasteiger partial charge in [0.05, 0.1) is 12.6 Å². The van der Waals surface area contributed by atoms with Crippen LogP contribution in [0.5, 0.6) is 0 Å². The Balaban J connectivity index is 1.74. The van der Waals surface area contributed by atoms with Crippen LogP contribution in [0, 0.1) is 5.92 Å². The van der Waals surface area contributed by atoms with Crippen LogP contribution in [0.3, 0.4) is 0 Å². The number of rotatable bonds is 2. The Morgan fingerprint density at radius 3 is 2.36 bits per heavy atom. The summed E-state index contributed by atoms with van der Waals surface area (Å²) < 4.78 is 6.20. The Labute approximate surface area is 132 Å². The maximum absolute atomic E-state index is 6.20. The molecule has 0 spiro atoms. The Morgan fingerprint density at radius 1 is 0.955 bits per heavy atom. The van der Waals surface area contributed by atoms with E-state index in [1.165, 1.54) is 16.7 Å². The molecule has 3 atom stereocenters. The fourth-order valence-corrected chi connectivity index (χ4v) is 3.96. The van der Waals surface area contributed by atoms with Crippen LogP contribution in [0.25, 0.3) is 0 Å². The molecule has 0 radical (unpaired) electrons. The first-order valence-corrected chi connectivity index (χ1v) is 8.27. The molecular formula is C20H23NO. The van der Waals surface area contributed by atoms with E-state index in [9.17, 15) is 0 Å². The van der Waals surface area contributed by atoms with Gasteiger partial charge in [0.2, 0.25) is 0 Å². The molecule has 0 aromatic heterocycles. The monoisotopic (exact) mass is 293 g/mol. The molecule has 1 unspecified atom stereocenters. The van der Waals surface area contributed by atoms with Crippen molar-refractivity contribution < 1.29 is 4.74 Å². The van der Waals surface area contributed by atoms with Crippen LogP contribution in [-0.4, -0.2) is 18.1 Å². The molecule has 2 heterocycles. The average molecular weight is 293 g/mol. The van der Waals surface area contributed by atoms with Gasteiger partial charge in [0.15, 0.2) is 0 Å². The highest BCUT2D eigenvalue weighted by Crippen LogP contribution is 2.47. The molecule has 2 nitrogen and oxygen atoms in total. The quantitative estimate of drug-likeness (QED) is 0.807. The van der Waals surface area contributed by atoms with Crippen molar-refractivity contribution in [2.45, 2.75) is 32.0 Å². The van der Waals surface area contributed by atoms with Crippen LogP contribution in [-0.2, 0) is 4.74 Å². The van der Waals surface area contributed by atoms with E-state index >= 15 is 0 Å². The second kappa shape index (κ2) is 5.53. The smallest absolute Gasteiger partial charge is 0.137 e. The Kier molecular flexibility index (Phi) is 3.51. The lowest BCUT2D eigenvalue weighted by molar-refractivity contribution is 0.0120. The zero-order valence-corrected chi connectivity index (χ0v) is 13.3. The van der Waals surface area contributed by atoms with Crippen molar-refractivity contribution in [2.75, 3.05) is 13.2 Å². The van der Waals surface area contributed by atoms with E-state index in [2.05, 4.69) is 73.3 Å². The van der Waals surface area contributed by atoms with E-state index in [4.69, 9.17) is 4.74 Å². The molecule has 22 heavy (non-hydrogen) atoms. The Hall–Kier alpha value is -1.64. The number of hydrogen-bond acceptors (Lipinski definition) is 2. The summed E-state index contributed by atoms with van der Waals surface area (Å²) in [6, 6.07) is 20.0. The van der Waals surface area contributed by atoms with Crippen molar-refractivity contribution in [2.24, 2.45) is 5.92 Å². The van der Waals surface area contributed by atoms with Crippen LogP contribution in [0.4, 0.5) is 0 Å². The fourth-order valence-electron chi connectivity index (χ4n) is 3.96. The molecule has 4 rings (SSSR count). The maximum atomic E-state index is 6.20. The number of benzene rings is 2. The normalized spacial score (nSPS) is 27.7. The second-order valence-electron chi connectivity index (χ2n) is 6.79. The maximum Gasteiger partial charge on any atom is 0.137 e. The third kappa shape index (κ3) is 2.18. The van der Waals surface area contributed by atoms with Crippen molar-refractivity contribution in [3.05, 3.63) is 71.3 Å². The van der Waals surface area contributed by atoms with Gasteiger partial charge in [-0.2, -0.15) is 0 Å². The van der Waals surface area contributed by atoms with E-state index in [-0.39, 0.29) is 6.23 Å². The zero-order valence-electron chi connectivity index (χ0n) is 13.3. The summed E-state index contributed by atoms with van der Waals surface area (Å²) in [5.74, 6) is 1.22. The third-order valence-electron chi connectivity index (χ3n) is 5.17. The molecule has 2 aliphatic heterocycles. The molecule has 2 aromatic carbocycles. The van der Waals surface area contributed by atoms with Crippen LogP contribution in [0.1, 0.15) is 48.7 Å². The van der Waals surface area contributed by atoms with Gasteiger partial charge in [-0.05, 0) is 28.5 Å². The summed E-state index contributed by atoms with van der Waals surface area (Å²) in [7, 11) is 0. The minimum atomic E-state index is 0.122. The van der Waals surface area contributed by atoms with Crippen LogP contribution in [0.2, 0.25) is 0 Å². The highest BCUT2D eigenvalue weighted by molar-refractivity contribution is 5.36. The molecule has 1 saturated heterocycles. The summed E-state index contributed by atoms with van der Waals surface area (Å²) in [4.78, 5) is 2.56. The second-order valence-corrected chi connectivity index (χ2v) is 6.79. The minimum Gasteiger partial charge on any atom is -0.357 e.